The number of esters is 1. The van der Waals surface area contributed by atoms with E-state index in [4.69, 9.17) is 4.74 Å². The molecular weight excluding hydrogens is 431 g/mol. The Labute approximate surface area is 164 Å². The van der Waals surface area contributed by atoms with Crippen LogP contribution >= 0.6 is 22.6 Å². The summed E-state index contributed by atoms with van der Waals surface area (Å²) in [4.78, 5) is 14.5. The molecule has 2 heterocycles. The Bertz CT molecular complexity index is 525. The van der Waals surface area contributed by atoms with E-state index in [1.54, 1.807) is 0 Å². The van der Waals surface area contributed by atoms with Crippen LogP contribution in [-0.2, 0) is 9.53 Å². The molecule has 2 saturated heterocycles. The highest BCUT2D eigenvalue weighted by Gasteiger charge is 2.39. The number of alkyl halides is 1. The highest BCUT2D eigenvalue weighted by atomic mass is 127. The van der Waals surface area contributed by atoms with Gasteiger partial charge in [0, 0.05) is 39.0 Å². The molecular formula is C19H29IN2O3. The van der Waals surface area contributed by atoms with Crippen LogP contribution in [0.15, 0.2) is 30.3 Å². The van der Waals surface area contributed by atoms with Crippen molar-refractivity contribution in [1.29, 1.82) is 0 Å². The topological polar surface area (TPSA) is 53.0 Å². The highest BCUT2D eigenvalue weighted by molar-refractivity contribution is 14.1. The van der Waals surface area contributed by atoms with E-state index in [0.29, 0.717) is 12.1 Å². The molecule has 1 N–H and O–H groups in total. The summed E-state index contributed by atoms with van der Waals surface area (Å²) in [6, 6.07) is 10.2. The van der Waals surface area contributed by atoms with Crippen molar-refractivity contribution in [3.8, 4) is 0 Å². The van der Waals surface area contributed by atoms with Gasteiger partial charge in [-0.05, 0) is 23.3 Å². The first kappa shape index (κ1) is 20.6. The van der Waals surface area contributed by atoms with Crippen LogP contribution < -0.4 is 0 Å². The number of hydrazine groups is 1. The second-order valence-corrected chi connectivity index (χ2v) is 6.71. The summed E-state index contributed by atoms with van der Waals surface area (Å²) in [7, 11) is 4.23. The number of rotatable bonds is 4. The molecule has 1 saturated carbocycles. The zero-order valence-corrected chi connectivity index (χ0v) is 17.4. The molecule has 1 aliphatic carbocycles. The van der Waals surface area contributed by atoms with Crippen molar-refractivity contribution in [3.63, 3.8) is 0 Å². The molecule has 6 heteroatoms. The van der Waals surface area contributed by atoms with Gasteiger partial charge in [-0.2, -0.15) is 0 Å². The zero-order valence-electron chi connectivity index (χ0n) is 15.3. The van der Waals surface area contributed by atoms with Crippen LogP contribution in [0.25, 0.3) is 0 Å². The number of aliphatic hydroxyl groups excluding tert-OH is 1. The molecule has 0 radical (unpaired) electrons. The van der Waals surface area contributed by atoms with Crippen molar-refractivity contribution in [1.82, 2.24) is 10.0 Å². The Kier molecular flexibility index (Phi) is 8.12. The lowest BCUT2D eigenvalue weighted by Crippen LogP contribution is -2.51. The van der Waals surface area contributed by atoms with Crippen molar-refractivity contribution in [2.75, 3.05) is 25.6 Å². The summed E-state index contributed by atoms with van der Waals surface area (Å²) >= 11 is 2.15. The van der Waals surface area contributed by atoms with Crippen molar-refractivity contribution < 1.29 is 14.6 Å². The molecule has 140 valence electrons. The third-order valence-corrected chi connectivity index (χ3v) is 5.41. The maximum atomic E-state index is 12.5. The number of benzene rings is 1. The Morgan fingerprint density at radius 1 is 1.16 bits per heavy atom. The van der Waals surface area contributed by atoms with E-state index >= 15 is 0 Å². The van der Waals surface area contributed by atoms with Gasteiger partial charge in [0.1, 0.15) is 12.0 Å². The molecule has 4 rings (SSSR count). The van der Waals surface area contributed by atoms with E-state index in [-0.39, 0.29) is 18.7 Å². The van der Waals surface area contributed by atoms with Crippen molar-refractivity contribution in [2.24, 2.45) is 0 Å². The number of nitrogens with zero attached hydrogens (tertiary/aromatic N) is 2. The summed E-state index contributed by atoms with van der Waals surface area (Å²) in [6.07, 6.45) is 3.99. The minimum atomic E-state index is -0.590. The standard InChI is InChI=1S/C18H26N2O3.CH3I/c1-19-14-8-9-15(20(19)2)11-16(10-14)23-18(22)17(12-21)13-6-4-3-5-7-13;1-2/h3-7,14-17,21H,8-12H2,1-2H3;1H3/t14-,15+,16?,17?;. The molecule has 25 heavy (non-hydrogen) atoms. The van der Waals surface area contributed by atoms with Gasteiger partial charge in [0.15, 0.2) is 0 Å². The van der Waals surface area contributed by atoms with Crippen LogP contribution in [0, 0.1) is 0 Å². The predicted molar refractivity (Wildman–Crippen MR) is 108 cm³/mol. The average molecular weight is 460 g/mol. The third-order valence-electron chi connectivity index (χ3n) is 5.41. The summed E-state index contributed by atoms with van der Waals surface area (Å²) in [5, 5.41) is 14.2. The van der Waals surface area contributed by atoms with Crippen LogP contribution in [0.3, 0.4) is 0 Å². The number of carbonyl (C=O) groups is 1. The van der Waals surface area contributed by atoms with E-state index in [1.807, 2.05) is 35.3 Å². The molecule has 2 unspecified atom stereocenters. The van der Waals surface area contributed by atoms with Gasteiger partial charge in [0.05, 0.1) is 6.61 Å². The largest absolute Gasteiger partial charge is 0.462 e. The number of aliphatic hydroxyl groups is 1. The van der Waals surface area contributed by atoms with Crippen LogP contribution in [0.4, 0.5) is 0 Å². The Morgan fingerprint density at radius 2 is 1.68 bits per heavy atom. The average Bonchev–Trinajstić information content (AvgIpc) is 2.91. The smallest absolute Gasteiger partial charge is 0.316 e. The fourth-order valence-electron chi connectivity index (χ4n) is 3.86. The molecule has 0 aromatic heterocycles. The van der Waals surface area contributed by atoms with Gasteiger partial charge < -0.3 is 9.84 Å². The van der Waals surface area contributed by atoms with Crippen LogP contribution in [0.1, 0.15) is 37.2 Å². The Hall–Kier alpha value is -0.700. The first-order valence-electron chi connectivity index (χ1n) is 8.79. The lowest BCUT2D eigenvalue weighted by atomic mass is 10.00. The number of fused-ring (bicyclic) bond motifs is 4. The van der Waals surface area contributed by atoms with Crippen LogP contribution in [-0.4, -0.2) is 64.9 Å². The van der Waals surface area contributed by atoms with E-state index < -0.39 is 5.92 Å². The van der Waals surface area contributed by atoms with E-state index in [1.165, 1.54) is 0 Å². The van der Waals surface area contributed by atoms with E-state index in [9.17, 15) is 9.90 Å². The molecule has 2 bridgehead atoms. The maximum absolute atomic E-state index is 12.5. The number of hydrogen-bond acceptors (Lipinski definition) is 5. The number of halogens is 1. The van der Waals surface area contributed by atoms with Crippen molar-refractivity contribution in [2.45, 2.75) is 49.8 Å². The zero-order chi connectivity index (χ0) is 18.4. The second kappa shape index (κ2) is 9.85. The monoisotopic (exact) mass is 460 g/mol. The van der Waals surface area contributed by atoms with Gasteiger partial charge in [-0.15, -0.1) is 0 Å². The summed E-state index contributed by atoms with van der Waals surface area (Å²) < 4.78 is 5.80. The second-order valence-electron chi connectivity index (χ2n) is 6.71. The SMILES string of the molecule is CI.CN1[C@@H]2CC[C@@H](CC(OC(=O)C(CO)c3ccccc3)C2)N1C. The third kappa shape index (κ3) is 4.93. The van der Waals surface area contributed by atoms with Crippen molar-refractivity contribution >= 4 is 28.6 Å². The minimum absolute atomic E-state index is 0.0647. The first-order valence-corrected chi connectivity index (χ1v) is 11.0. The number of hydrogen-bond donors (Lipinski definition) is 1. The van der Waals surface area contributed by atoms with Gasteiger partial charge in [0.2, 0.25) is 0 Å². The lowest BCUT2D eigenvalue weighted by molar-refractivity contribution is -0.152. The fraction of sp³-hybridized carbons (Fsp3) is 0.632. The fourth-order valence-corrected chi connectivity index (χ4v) is 3.86. The Morgan fingerprint density at radius 3 is 2.16 bits per heavy atom. The molecule has 0 amide bonds. The normalized spacial score (nSPS) is 27.8. The van der Waals surface area contributed by atoms with Gasteiger partial charge in [-0.25, -0.2) is 10.0 Å². The van der Waals surface area contributed by atoms with Gasteiger partial charge in [-0.3, -0.25) is 4.79 Å². The van der Waals surface area contributed by atoms with Crippen molar-refractivity contribution in [3.05, 3.63) is 35.9 Å². The molecule has 0 spiro atoms. The first-order chi connectivity index (χ1) is 12.1. The van der Waals surface area contributed by atoms with E-state index in [2.05, 4.69) is 46.7 Å². The van der Waals surface area contributed by atoms with Crippen LogP contribution in [0.5, 0.6) is 0 Å². The Balaban J connectivity index is 0.00000109. The minimum Gasteiger partial charge on any atom is -0.462 e. The highest BCUT2D eigenvalue weighted by Crippen LogP contribution is 2.33. The molecule has 5 nitrogen and oxygen atoms in total. The molecule has 4 atom stereocenters. The van der Waals surface area contributed by atoms with Crippen LogP contribution in [0.2, 0.25) is 0 Å². The quantitative estimate of drug-likeness (QED) is 0.426. The molecule has 2 aliphatic heterocycles. The molecule has 3 aliphatic rings. The lowest BCUT2D eigenvalue weighted by Gasteiger charge is -2.42. The predicted octanol–water partition coefficient (Wildman–Crippen LogP) is 2.83. The maximum Gasteiger partial charge on any atom is 0.316 e. The molecule has 1 aromatic carbocycles. The molecule has 1 aromatic rings. The summed E-state index contributed by atoms with van der Waals surface area (Å²) in [6.45, 7) is -0.220. The number of ether oxygens (including phenoxy) is 1. The summed E-state index contributed by atoms with van der Waals surface area (Å²) in [5.74, 6) is -0.900. The van der Waals surface area contributed by atoms with Gasteiger partial charge in [0.25, 0.3) is 0 Å². The summed E-state index contributed by atoms with van der Waals surface area (Å²) in [5.41, 5.74) is 0.811. The van der Waals surface area contributed by atoms with E-state index in [0.717, 1.165) is 31.2 Å². The van der Waals surface area contributed by atoms with Gasteiger partial charge in [-0.1, -0.05) is 52.9 Å². The number of carbonyl (C=O) groups excluding carboxylic acids is 1. The molecule has 3 fully saturated rings. The van der Waals surface area contributed by atoms with Gasteiger partial charge >= 0.3 is 5.97 Å².